The molecule has 0 spiro atoms. The highest BCUT2D eigenvalue weighted by Gasteiger charge is 2.20. The fraction of sp³-hybridized carbons (Fsp3) is 0.167. The maximum absolute atomic E-state index is 12.4. The summed E-state index contributed by atoms with van der Waals surface area (Å²) in [6.45, 7) is 2.15. The number of hydrogen-bond acceptors (Lipinski definition) is 3. The van der Waals surface area contributed by atoms with Crippen LogP contribution in [0.2, 0.25) is 0 Å². The molecule has 3 rings (SSSR count). The van der Waals surface area contributed by atoms with Gasteiger partial charge in [0.1, 0.15) is 5.75 Å². The standard InChI is InChI=1S/C18H17NO3/c1-3-22-18(20)16-14-10-9-13(21-2)11-15(14)19-17(16)12-7-5-4-6-8-12/h4-11,19H,3H2,1-2H3. The van der Waals surface area contributed by atoms with Crippen molar-refractivity contribution in [2.24, 2.45) is 0 Å². The summed E-state index contributed by atoms with van der Waals surface area (Å²) in [6, 6.07) is 15.4. The summed E-state index contributed by atoms with van der Waals surface area (Å²) in [5, 5.41) is 0.832. The average Bonchev–Trinajstić information content (AvgIpc) is 2.94. The van der Waals surface area contributed by atoms with Crippen LogP contribution in [0.25, 0.3) is 22.2 Å². The van der Waals surface area contributed by atoms with Crippen LogP contribution < -0.4 is 4.74 Å². The Labute approximate surface area is 128 Å². The molecule has 0 unspecified atom stereocenters. The van der Waals surface area contributed by atoms with Gasteiger partial charge in [-0.1, -0.05) is 30.3 Å². The topological polar surface area (TPSA) is 51.3 Å². The van der Waals surface area contributed by atoms with Crippen molar-refractivity contribution in [2.75, 3.05) is 13.7 Å². The Morgan fingerprint density at radius 3 is 2.59 bits per heavy atom. The molecule has 0 aliphatic rings. The van der Waals surface area contributed by atoms with E-state index in [0.29, 0.717) is 12.2 Å². The number of rotatable bonds is 4. The molecule has 1 heterocycles. The Hall–Kier alpha value is -2.75. The molecular formula is C18H17NO3. The number of benzene rings is 2. The first-order valence-corrected chi connectivity index (χ1v) is 7.17. The molecule has 0 amide bonds. The van der Waals surface area contributed by atoms with Gasteiger partial charge in [0.15, 0.2) is 0 Å². The van der Waals surface area contributed by atoms with E-state index in [-0.39, 0.29) is 5.97 Å². The van der Waals surface area contributed by atoms with Crippen LogP contribution in [0, 0.1) is 0 Å². The average molecular weight is 295 g/mol. The third-order valence-electron chi connectivity index (χ3n) is 3.55. The van der Waals surface area contributed by atoms with Gasteiger partial charge in [-0.3, -0.25) is 0 Å². The van der Waals surface area contributed by atoms with Crippen LogP contribution >= 0.6 is 0 Å². The van der Waals surface area contributed by atoms with Crippen molar-refractivity contribution in [1.29, 1.82) is 0 Å². The molecule has 4 heteroatoms. The van der Waals surface area contributed by atoms with Gasteiger partial charge in [0, 0.05) is 11.5 Å². The number of aromatic nitrogens is 1. The highest BCUT2D eigenvalue weighted by atomic mass is 16.5. The van der Waals surface area contributed by atoms with Gasteiger partial charge in [0.2, 0.25) is 0 Å². The number of methoxy groups -OCH3 is 1. The Balaban J connectivity index is 2.25. The van der Waals surface area contributed by atoms with Crippen LogP contribution in [-0.2, 0) is 4.74 Å². The number of nitrogens with one attached hydrogen (secondary N) is 1. The Morgan fingerprint density at radius 1 is 1.14 bits per heavy atom. The molecule has 0 saturated carbocycles. The van der Waals surface area contributed by atoms with Crippen molar-refractivity contribution in [3.63, 3.8) is 0 Å². The molecule has 0 radical (unpaired) electrons. The van der Waals surface area contributed by atoms with E-state index in [1.54, 1.807) is 14.0 Å². The Bertz CT molecular complexity index is 806. The molecule has 2 aromatic carbocycles. The summed E-state index contributed by atoms with van der Waals surface area (Å²) < 4.78 is 10.5. The van der Waals surface area contributed by atoms with Crippen LogP contribution in [-0.4, -0.2) is 24.7 Å². The zero-order valence-corrected chi connectivity index (χ0v) is 12.6. The van der Waals surface area contributed by atoms with Gasteiger partial charge in [0.05, 0.1) is 30.5 Å². The van der Waals surface area contributed by atoms with Gasteiger partial charge in [-0.2, -0.15) is 0 Å². The molecule has 0 aliphatic heterocycles. The minimum Gasteiger partial charge on any atom is -0.497 e. The normalized spacial score (nSPS) is 10.6. The van der Waals surface area contributed by atoms with Gasteiger partial charge in [-0.25, -0.2) is 4.79 Å². The van der Waals surface area contributed by atoms with Gasteiger partial charge < -0.3 is 14.5 Å². The summed E-state index contributed by atoms with van der Waals surface area (Å²) in [5.74, 6) is 0.418. The predicted molar refractivity (Wildman–Crippen MR) is 86.2 cm³/mol. The molecule has 3 aromatic rings. The van der Waals surface area contributed by atoms with E-state index in [9.17, 15) is 4.79 Å². The van der Waals surface area contributed by atoms with Crippen molar-refractivity contribution in [2.45, 2.75) is 6.92 Å². The molecule has 1 aromatic heterocycles. The molecule has 22 heavy (non-hydrogen) atoms. The van der Waals surface area contributed by atoms with E-state index in [0.717, 1.165) is 27.9 Å². The van der Waals surface area contributed by atoms with Crippen LogP contribution in [0.1, 0.15) is 17.3 Å². The second kappa shape index (κ2) is 5.93. The zero-order valence-electron chi connectivity index (χ0n) is 12.6. The van der Waals surface area contributed by atoms with Crippen molar-refractivity contribution in [3.8, 4) is 17.0 Å². The van der Waals surface area contributed by atoms with E-state index < -0.39 is 0 Å². The second-order valence-corrected chi connectivity index (χ2v) is 4.87. The number of esters is 1. The highest BCUT2D eigenvalue weighted by Crippen LogP contribution is 2.32. The third-order valence-corrected chi connectivity index (χ3v) is 3.55. The summed E-state index contributed by atoms with van der Waals surface area (Å²) in [5.41, 5.74) is 3.12. The minimum atomic E-state index is -0.322. The molecule has 0 atom stereocenters. The number of fused-ring (bicyclic) bond motifs is 1. The summed E-state index contributed by atoms with van der Waals surface area (Å²) in [6.07, 6.45) is 0. The second-order valence-electron chi connectivity index (χ2n) is 4.87. The lowest BCUT2D eigenvalue weighted by Crippen LogP contribution is -2.05. The fourth-order valence-electron chi connectivity index (χ4n) is 2.54. The lowest BCUT2D eigenvalue weighted by molar-refractivity contribution is 0.0529. The molecule has 0 bridgehead atoms. The molecule has 1 N–H and O–H groups in total. The number of hydrogen-bond donors (Lipinski definition) is 1. The van der Waals surface area contributed by atoms with Crippen molar-refractivity contribution >= 4 is 16.9 Å². The first-order chi connectivity index (χ1) is 10.7. The SMILES string of the molecule is CCOC(=O)c1c(-c2ccccc2)[nH]c2cc(OC)ccc12. The molecular weight excluding hydrogens is 278 g/mol. The monoisotopic (exact) mass is 295 g/mol. The van der Waals surface area contributed by atoms with E-state index in [1.807, 2.05) is 48.5 Å². The van der Waals surface area contributed by atoms with Crippen LogP contribution in [0.3, 0.4) is 0 Å². The van der Waals surface area contributed by atoms with Crippen molar-refractivity contribution < 1.29 is 14.3 Å². The van der Waals surface area contributed by atoms with Crippen molar-refractivity contribution in [3.05, 3.63) is 54.1 Å². The number of carbonyl (C=O) groups excluding carboxylic acids is 1. The number of H-pyrrole nitrogens is 1. The summed E-state index contributed by atoms with van der Waals surface area (Å²) in [4.78, 5) is 15.7. The van der Waals surface area contributed by atoms with E-state index in [1.165, 1.54) is 0 Å². The highest BCUT2D eigenvalue weighted by molar-refractivity contribution is 6.10. The van der Waals surface area contributed by atoms with Gasteiger partial charge in [-0.05, 0) is 24.6 Å². The van der Waals surface area contributed by atoms with E-state index in [2.05, 4.69) is 4.98 Å². The molecule has 4 nitrogen and oxygen atoms in total. The van der Waals surface area contributed by atoms with Gasteiger partial charge in [-0.15, -0.1) is 0 Å². The molecule has 112 valence electrons. The first kappa shape index (κ1) is 14.2. The smallest absolute Gasteiger partial charge is 0.340 e. The van der Waals surface area contributed by atoms with E-state index >= 15 is 0 Å². The lowest BCUT2D eigenvalue weighted by Gasteiger charge is -2.05. The fourth-order valence-corrected chi connectivity index (χ4v) is 2.54. The Morgan fingerprint density at radius 2 is 1.91 bits per heavy atom. The predicted octanol–water partition coefficient (Wildman–Crippen LogP) is 4.02. The van der Waals surface area contributed by atoms with Gasteiger partial charge in [0.25, 0.3) is 0 Å². The first-order valence-electron chi connectivity index (χ1n) is 7.17. The number of carbonyl (C=O) groups is 1. The maximum Gasteiger partial charge on any atom is 0.340 e. The molecule has 0 fully saturated rings. The summed E-state index contributed by atoms with van der Waals surface area (Å²) in [7, 11) is 1.62. The molecule has 0 aliphatic carbocycles. The largest absolute Gasteiger partial charge is 0.497 e. The molecule has 0 saturated heterocycles. The lowest BCUT2D eigenvalue weighted by atomic mass is 10.1. The van der Waals surface area contributed by atoms with Crippen LogP contribution in [0.5, 0.6) is 5.75 Å². The maximum atomic E-state index is 12.4. The quantitative estimate of drug-likeness (QED) is 0.740. The number of ether oxygens (including phenoxy) is 2. The van der Waals surface area contributed by atoms with Gasteiger partial charge >= 0.3 is 5.97 Å². The van der Waals surface area contributed by atoms with Crippen LogP contribution in [0.4, 0.5) is 0 Å². The minimum absolute atomic E-state index is 0.322. The van der Waals surface area contributed by atoms with Crippen LogP contribution in [0.15, 0.2) is 48.5 Å². The zero-order chi connectivity index (χ0) is 15.5. The Kier molecular flexibility index (Phi) is 3.83. The third kappa shape index (κ3) is 2.44. The number of aromatic amines is 1. The summed E-state index contributed by atoms with van der Waals surface area (Å²) >= 11 is 0. The van der Waals surface area contributed by atoms with Crippen molar-refractivity contribution in [1.82, 2.24) is 4.98 Å². The van der Waals surface area contributed by atoms with E-state index in [4.69, 9.17) is 9.47 Å².